The fourth-order valence-corrected chi connectivity index (χ4v) is 5.11. The molecule has 8 heteroatoms. The minimum atomic E-state index is -4.40. The zero-order valence-electron chi connectivity index (χ0n) is 18.5. The van der Waals surface area contributed by atoms with Crippen molar-refractivity contribution in [3.05, 3.63) is 70.8 Å². The Morgan fingerprint density at radius 1 is 0.853 bits per heavy atom. The molecule has 3 heterocycles. The second-order valence-electron chi connectivity index (χ2n) is 9.27. The zero-order valence-corrected chi connectivity index (χ0v) is 18.5. The molecule has 3 aliphatic heterocycles. The van der Waals surface area contributed by atoms with E-state index in [0.29, 0.717) is 25.6 Å². The lowest BCUT2D eigenvalue weighted by atomic mass is 9.76. The fourth-order valence-electron chi connectivity index (χ4n) is 5.11. The molecule has 2 aromatic rings. The summed E-state index contributed by atoms with van der Waals surface area (Å²) in [5.41, 5.74) is 0.0258. The predicted octanol–water partition coefficient (Wildman–Crippen LogP) is 6.07. The summed E-state index contributed by atoms with van der Waals surface area (Å²) in [5, 5.41) is 0. The van der Waals surface area contributed by atoms with Crippen LogP contribution in [0.5, 0.6) is 0 Å². The van der Waals surface area contributed by atoms with Crippen molar-refractivity contribution in [3.8, 4) is 12.3 Å². The lowest BCUT2D eigenvalue weighted by molar-refractivity contribution is -0.138. The summed E-state index contributed by atoms with van der Waals surface area (Å²) in [4.78, 5) is 4.47. The Balaban J connectivity index is 1.51. The maximum atomic E-state index is 12.9. The molecule has 2 bridgehead atoms. The van der Waals surface area contributed by atoms with Gasteiger partial charge in [-0.05, 0) is 60.7 Å². The molecule has 34 heavy (non-hydrogen) atoms. The number of benzene rings is 2. The number of piperidine rings is 3. The van der Waals surface area contributed by atoms with E-state index in [1.807, 2.05) is 0 Å². The topological polar surface area (TPSA) is 6.48 Å². The molecule has 0 saturated carbocycles. The molecule has 182 valence electrons. The first-order valence-electron chi connectivity index (χ1n) is 11.3. The molecule has 1 unspecified atom stereocenters. The van der Waals surface area contributed by atoms with Crippen molar-refractivity contribution in [1.29, 1.82) is 0 Å². The number of fused-ring (bicyclic) bond motifs is 3. The molecule has 3 aliphatic rings. The Morgan fingerprint density at radius 3 is 1.74 bits per heavy atom. The predicted molar refractivity (Wildman–Crippen MR) is 117 cm³/mol. The van der Waals surface area contributed by atoms with Crippen LogP contribution in [0.4, 0.5) is 26.3 Å². The van der Waals surface area contributed by atoms with Gasteiger partial charge in [0.2, 0.25) is 0 Å². The summed E-state index contributed by atoms with van der Waals surface area (Å²) >= 11 is 0. The SMILES string of the molecule is C#C[C@@H]1CN2CC[C@H]1C[C@@H]2CN(Cc1ccc(C(F)(F)F)cc1)Cc1ccc(C(F)(F)F)cc1. The molecule has 0 spiro atoms. The molecule has 0 aliphatic carbocycles. The van der Waals surface area contributed by atoms with Gasteiger partial charge >= 0.3 is 12.4 Å². The van der Waals surface area contributed by atoms with Crippen LogP contribution in [0.1, 0.15) is 35.1 Å². The van der Waals surface area contributed by atoms with Gasteiger partial charge in [0.05, 0.1) is 11.1 Å². The van der Waals surface area contributed by atoms with Crippen molar-refractivity contribution in [1.82, 2.24) is 9.80 Å². The Morgan fingerprint density at radius 2 is 1.35 bits per heavy atom. The van der Waals surface area contributed by atoms with E-state index in [0.717, 1.165) is 61.3 Å². The monoisotopic (exact) mass is 480 g/mol. The highest BCUT2D eigenvalue weighted by Crippen LogP contribution is 2.37. The van der Waals surface area contributed by atoms with E-state index in [2.05, 4.69) is 15.7 Å². The van der Waals surface area contributed by atoms with Crippen LogP contribution in [0, 0.1) is 24.2 Å². The van der Waals surface area contributed by atoms with Crippen LogP contribution in [0.25, 0.3) is 0 Å². The van der Waals surface area contributed by atoms with E-state index < -0.39 is 23.5 Å². The third kappa shape index (κ3) is 5.76. The maximum absolute atomic E-state index is 12.9. The van der Waals surface area contributed by atoms with Crippen LogP contribution in [-0.2, 0) is 25.4 Å². The van der Waals surface area contributed by atoms with Crippen LogP contribution in [0.15, 0.2) is 48.5 Å². The Hall–Kier alpha value is -2.50. The van der Waals surface area contributed by atoms with E-state index in [1.165, 1.54) is 24.3 Å². The number of halogens is 6. The fraction of sp³-hybridized carbons (Fsp3) is 0.462. The summed E-state index contributed by atoms with van der Waals surface area (Å²) in [6, 6.07) is 10.4. The second kappa shape index (κ2) is 9.63. The van der Waals surface area contributed by atoms with Crippen molar-refractivity contribution in [3.63, 3.8) is 0 Å². The van der Waals surface area contributed by atoms with Crippen molar-refractivity contribution < 1.29 is 26.3 Å². The highest BCUT2D eigenvalue weighted by atomic mass is 19.4. The van der Waals surface area contributed by atoms with Gasteiger partial charge in [-0.3, -0.25) is 9.80 Å². The summed E-state index contributed by atoms with van der Waals surface area (Å²) in [6.45, 7) is 3.25. The van der Waals surface area contributed by atoms with Crippen molar-refractivity contribution in [2.24, 2.45) is 11.8 Å². The lowest BCUT2D eigenvalue weighted by Gasteiger charge is -2.49. The Bertz CT molecular complexity index is 945. The number of terminal acetylenes is 1. The molecule has 4 atom stereocenters. The van der Waals surface area contributed by atoms with Crippen LogP contribution in [0.2, 0.25) is 0 Å². The number of nitrogens with zero attached hydrogens (tertiary/aromatic N) is 2. The average Bonchev–Trinajstić information content (AvgIpc) is 2.79. The average molecular weight is 480 g/mol. The molecule has 0 N–H and O–H groups in total. The molecule has 0 amide bonds. The number of alkyl halides is 6. The number of hydrogen-bond donors (Lipinski definition) is 0. The number of rotatable bonds is 6. The van der Waals surface area contributed by atoms with Crippen LogP contribution >= 0.6 is 0 Å². The minimum absolute atomic E-state index is 0.239. The standard InChI is InChI=1S/C26H26F6N2/c1-2-20-16-34-12-11-21(20)13-24(34)17-33(14-18-3-7-22(8-4-18)25(27,28)29)15-19-5-9-23(10-6-19)26(30,31)32/h1,3-10,20-21,24H,11-17H2/t20-,21+,24-/m1/s1. The van der Waals surface area contributed by atoms with Gasteiger partial charge in [-0.15, -0.1) is 12.3 Å². The van der Waals surface area contributed by atoms with Crippen LogP contribution in [-0.4, -0.2) is 35.5 Å². The Labute approximate surface area is 195 Å². The van der Waals surface area contributed by atoms with Gasteiger partial charge in [0, 0.05) is 38.1 Å². The second-order valence-corrected chi connectivity index (χ2v) is 9.27. The zero-order chi connectivity index (χ0) is 24.5. The normalized spacial score (nSPS) is 24.9. The summed E-state index contributed by atoms with van der Waals surface area (Å²) in [6.07, 6.45) is -1.12. The van der Waals surface area contributed by atoms with E-state index in [1.54, 1.807) is 0 Å². The Kier molecular flexibility index (Phi) is 6.97. The molecule has 3 saturated heterocycles. The molecule has 2 nitrogen and oxygen atoms in total. The molecule has 2 aromatic carbocycles. The first-order chi connectivity index (χ1) is 16.0. The largest absolute Gasteiger partial charge is 0.416 e. The van der Waals surface area contributed by atoms with E-state index in [4.69, 9.17) is 6.42 Å². The van der Waals surface area contributed by atoms with Gasteiger partial charge in [-0.1, -0.05) is 24.3 Å². The molecule has 3 fully saturated rings. The molecular formula is C26H26F6N2. The quantitative estimate of drug-likeness (QED) is 0.366. The van der Waals surface area contributed by atoms with E-state index >= 15 is 0 Å². The minimum Gasteiger partial charge on any atom is -0.298 e. The first-order valence-corrected chi connectivity index (χ1v) is 11.3. The van der Waals surface area contributed by atoms with Crippen molar-refractivity contribution >= 4 is 0 Å². The summed E-state index contributed by atoms with van der Waals surface area (Å²) in [5.74, 6) is 3.58. The number of hydrogen-bond acceptors (Lipinski definition) is 2. The van der Waals surface area contributed by atoms with Crippen LogP contribution < -0.4 is 0 Å². The summed E-state index contributed by atoms with van der Waals surface area (Å²) in [7, 11) is 0. The van der Waals surface area contributed by atoms with Crippen molar-refractivity contribution in [2.45, 2.75) is 44.3 Å². The molecule has 5 rings (SSSR count). The van der Waals surface area contributed by atoms with E-state index in [-0.39, 0.29) is 12.0 Å². The smallest absolute Gasteiger partial charge is 0.298 e. The third-order valence-corrected chi connectivity index (χ3v) is 6.94. The van der Waals surface area contributed by atoms with E-state index in [9.17, 15) is 26.3 Å². The third-order valence-electron chi connectivity index (χ3n) is 6.94. The molecule has 0 radical (unpaired) electrons. The van der Waals surface area contributed by atoms with Gasteiger partial charge in [0.25, 0.3) is 0 Å². The van der Waals surface area contributed by atoms with Gasteiger partial charge in [0.15, 0.2) is 0 Å². The lowest BCUT2D eigenvalue weighted by Crippen LogP contribution is -2.56. The van der Waals surface area contributed by atoms with Crippen molar-refractivity contribution in [2.75, 3.05) is 19.6 Å². The molecular weight excluding hydrogens is 454 g/mol. The highest BCUT2D eigenvalue weighted by Gasteiger charge is 2.40. The highest BCUT2D eigenvalue weighted by molar-refractivity contribution is 5.26. The summed E-state index contributed by atoms with van der Waals surface area (Å²) < 4.78 is 77.6. The molecule has 0 aromatic heterocycles. The van der Waals surface area contributed by atoms with Gasteiger partial charge in [0.1, 0.15) is 0 Å². The first kappa shape index (κ1) is 24.6. The van der Waals surface area contributed by atoms with Gasteiger partial charge in [-0.25, -0.2) is 0 Å². The van der Waals surface area contributed by atoms with Crippen LogP contribution in [0.3, 0.4) is 0 Å². The van der Waals surface area contributed by atoms with Gasteiger partial charge < -0.3 is 0 Å². The van der Waals surface area contributed by atoms with Gasteiger partial charge in [-0.2, -0.15) is 26.3 Å². The maximum Gasteiger partial charge on any atom is 0.416 e.